The van der Waals surface area contributed by atoms with E-state index in [9.17, 15) is 9.59 Å². The van der Waals surface area contributed by atoms with Crippen LogP contribution in [0.3, 0.4) is 0 Å². The van der Waals surface area contributed by atoms with Gasteiger partial charge in [-0.1, -0.05) is 17.7 Å². The van der Waals surface area contributed by atoms with Crippen molar-refractivity contribution in [3.05, 3.63) is 51.7 Å². The van der Waals surface area contributed by atoms with Gasteiger partial charge in [0.2, 0.25) is 5.91 Å². The summed E-state index contributed by atoms with van der Waals surface area (Å²) in [5, 5.41) is 13.9. The van der Waals surface area contributed by atoms with Crippen LogP contribution < -0.4 is 5.32 Å². The zero-order chi connectivity index (χ0) is 15.2. The summed E-state index contributed by atoms with van der Waals surface area (Å²) in [6, 6.07) is 9.02. The quantitative estimate of drug-likeness (QED) is 0.854. The molecule has 0 aliphatic carbocycles. The maximum atomic E-state index is 11.9. The van der Waals surface area contributed by atoms with Gasteiger partial charge in [0.1, 0.15) is 0 Å². The molecule has 0 aliphatic heterocycles. The number of carboxylic acid groups (broad SMARTS) is 1. The molecule has 0 radical (unpaired) electrons. The summed E-state index contributed by atoms with van der Waals surface area (Å²) in [5.41, 5.74) is 1.33. The average molecular weight is 303 g/mol. The van der Waals surface area contributed by atoms with Crippen LogP contribution >= 0.6 is 11.3 Å². The van der Waals surface area contributed by atoms with Gasteiger partial charge in [0.15, 0.2) is 0 Å². The van der Waals surface area contributed by atoms with Gasteiger partial charge < -0.3 is 10.4 Å². The maximum absolute atomic E-state index is 11.9. The first-order chi connectivity index (χ1) is 10.1. The lowest BCUT2D eigenvalue weighted by Crippen LogP contribution is -2.14. The molecule has 0 fully saturated rings. The number of aromatic carboxylic acids is 1. The highest BCUT2D eigenvalue weighted by Gasteiger charge is 2.12. The van der Waals surface area contributed by atoms with Crippen molar-refractivity contribution in [3.63, 3.8) is 0 Å². The lowest BCUT2D eigenvalue weighted by atomic mass is 10.1. The van der Waals surface area contributed by atoms with Crippen LogP contribution in [0.25, 0.3) is 0 Å². The van der Waals surface area contributed by atoms with Gasteiger partial charge in [-0.05, 0) is 43.3 Å². The first-order valence-corrected chi connectivity index (χ1v) is 7.60. The molecule has 1 aromatic heterocycles. The summed E-state index contributed by atoms with van der Waals surface area (Å²) in [7, 11) is 0. The summed E-state index contributed by atoms with van der Waals surface area (Å²) in [4.78, 5) is 24.3. The summed E-state index contributed by atoms with van der Waals surface area (Å²) >= 11 is 1.68. The predicted octanol–water partition coefficient (Wildman–Crippen LogP) is 3.72. The molecule has 1 aromatic carbocycles. The normalized spacial score (nSPS) is 10.3. The van der Waals surface area contributed by atoms with Crippen LogP contribution in [0, 0.1) is 6.92 Å². The van der Waals surface area contributed by atoms with Gasteiger partial charge in [0.05, 0.1) is 11.3 Å². The Morgan fingerprint density at radius 2 is 2.10 bits per heavy atom. The Kier molecular flexibility index (Phi) is 5.11. The second kappa shape index (κ2) is 7.04. The van der Waals surface area contributed by atoms with Crippen LogP contribution in [-0.2, 0) is 11.2 Å². The summed E-state index contributed by atoms with van der Waals surface area (Å²) in [6.45, 7) is 1.82. The summed E-state index contributed by atoms with van der Waals surface area (Å²) in [6.07, 6.45) is 2.00. The number of amides is 1. The molecule has 1 amide bonds. The molecule has 5 heteroatoms. The van der Waals surface area contributed by atoms with Crippen LogP contribution in [0.1, 0.15) is 33.6 Å². The fraction of sp³-hybridized carbons (Fsp3) is 0.250. The van der Waals surface area contributed by atoms with Crippen molar-refractivity contribution < 1.29 is 14.7 Å². The van der Waals surface area contributed by atoms with Gasteiger partial charge in [-0.2, -0.15) is 0 Å². The van der Waals surface area contributed by atoms with Crippen LogP contribution in [-0.4, -0.2) is 17.0 Å². The van der Waals surface area contributed by atoms with E-state index >= 15 is 0 Å². The molecule has 0 spiro atoms. The number of anilines is 1. The number of carbonyl (C=O) groups excluding carboxylic acids is 1. The standard InChI is InChI=1S/C16H17NO3S/c1-11-7-8-14(13(10-11)16(19)20)17-15(18)6-2-4-12-5-3-9-21-12/h3,5,7-10H,2,4,6H2,1H3,(H,17,18)(H,19,20). The number of benzene rings is 1. The first-order valence-electron chi connectivity index (χ1n) is 6.72. The number of hydrogen-bond acceptors (Lipinski definition) is 3. The molecule has 0 atom stereocenters. The van der Waals surface area contributed by atoms with E-state index in [4.69, 9.17) is 5.11 Å². The lowest BCUT2D eigenvalue weighted by Gasteiger charge is -2.09. The second-order valence-corrected chi connectivity index (χ2v) is 5.87. The maximum Gasteiger partial charge on any atom is 0.337 e. The number of hydrogen-bond donors (Lipinski definition) is 2. The SMILES string of the molecule is Cc1ccc(NC(=O)CCCc2cccs2)c(C(=O)O)c1. The zero-order valence-electron chi connectivity index (χ0n) is 11.8. The first kappa shape index (κ1) is 15.3. The third-order valence-electron chi connectivity index (χ3n) is 3.09. The van der Waals surface area contributed by atoms with Crippen LogP contribution in [0.5, 0.6) is 0 Å². The molecule has 110 valence electrons. The molecular formula is C16H17NO3S. The third-order valence-corrected chi connectivity index (χ3v) is 4.02. The van der Waals surface area contributed by atoms with E-state index in [0.29, 0.717) is 12.1 Å². The predicted molar refractivity (Wildman–Crippen MR) is 84.0 cm³/mol. The Hall–Kier alpha value is -2.14. The fourth-order valence-corrected chi connectivity index (χ4v) is 2.79. The average Bonchev–Trinajstić information content (AvgIpc) is 2.94. The Morgan fingerprint density at radius 3 is 2.76 bits per heavy atom. The van der Waals surface area contributed by atoms with Gasteiger partial charge in [-0.15, -0.1) is 11.3 Å². The Bertz CT molecular complexity index is 635. The van der Waals surface area contributed by atoms with Gasteiger partial charge in [-0.3, -0.25) is 4.79 Å². The molecule has 0 bridgehead atoms. The van der Waals surface area contributed by atoms with Crippen LogP contribution in [0.15, 0.2) is 35.7 Å². The fourth-order valence-electron chi connectivity index (χ4n) is 2.03. The molecule has 2 aromatic rings. The van der Waals surface area contributed by atoms with E-state index in [-0.39, 0.29) is 11.5 Å². The van der Waals surface area contributed by atoms with Crippen molar-refractivity contribution in [2.24, 2.45) is 0 Å². The smallest absolute Gasteiger partial charge is 0.337 e. The van der Waals surface area contributed by atoms with E-state index < -0.39 is 5.97 Å². The molecular weight excluding hydrogens is 286 g/mol. The number of nitrogens with one attached hydrogen (secondary N) is 1. The molecule has 0 saturated carbocycles. The molecule has 0 unspecified atom stereocenters. The lowest BCUT2D eigenvalue weighted by molar-refractivity contribution is -0.116. The zero-order valence-corrected chi connectivity index (χ0v) is 12.6. The third kappa shape index (κ3) is 4.43. The highest BCUT2D eigenvalue weighted by atomic mass is 32.1. The van der Waals surface area contributed by atoms with E-state index in [2.05, 4.69) is 5.32 Å². The van der Waals surface area contributed by atoms with Crippen molar-refractivity contribution in [2.75, 3.05) is 5.32 Å². The molecule has 2 N–H and O–H groups in total. The van der Waals surface area contributed by atoms with E-state index in [1.807, 2.05) is 24.4 Å². The molecule has 1 heterocycles. The highest BCUT2D eigenvalue weighted by Crippen LogP contribution is 2.18. The number of aryl methyl sites for hydroxylation is 2. The Morgan fingerprint density at radius 1 is 1.29 bits per heavy atom. The molecule has 21 heavy (non-hydrogen) atoms. The molecule has 4 nitrogen and oxygen atoms in total. The van der Waals surface area contributed by atoms with E-state index in [1.165, 1.54) is 4.88 Å². The number of thiophene rings is 1. The summed E-state index contributed by atoms with van der Waals surface area (Å²) in [5.74, 6) is -1.19. The van der Waals surface area contributed by atoms with Crippen molar-refractivity contribution in [1.29, 1.82) is 0 Å². The minimum absolute atomic E-state index is 0.126. The van der Waals surface area contributed by atoms with Gasteiger partial charge in [-0.25, -0.2) is 4.79 Å². The van der Waals surface area contributed by atoms with Gasteiger partial charge in [0, 0.05) is 11.3 Å². The minimum Gasteiger partial charge on any atom is -0.478 e. The molecule has 2 rings (SSSR count). The number of carboxylic acids is 1. The Balaban J connectivity index is 1.92. The van der Waals surface area contributed by atoms with Crippen molar-refractivity contribution in [2.45, 2.75) is 26.2 Å². The monoisotopic (exact) mass is 303 g/mol. The van der Waals surface area contributed by atoms with Gasteiger partial charge in [0.25, 0.3) is 0 Å². The molecule has 0 saturated heterocycles. The summed E-state index contributed by atoms with van der Waals surface area (Å²) < 4.78 is 0. The highest BCUT2D eigenvalue weighted by molar-refractivity contribution is 7.09. The van der Waals surface area contributed by atoms with Crippen LogP contribution in [0.2, 0.25) is 0 Å². The van der Waals surface area contributed by atoms with E-state index in [1.54, 1.807) is 29.5 Å². The Labute approximate surface area is 127 Å². The number of rotatable bonds is 6. The van der Waals surface area contributed by atoms with Crippen molar-refractivity contribution in [3.8, 4) is 0 Å². The molecule has 0 aliphatic rings. The van der Waals surface area contributed by atoms with Crippen molar-refractivity contribution >= 4 is 28.9 Å². The van der Waals surface area contributed by atoms with Crippen LogP contribution in [0.4, 0.5) is 5.69 Å². The van der Waals surface area contributed by atoms with Gasteiger partial charge >= 0.3 is 5.97 Å². The second-order valence-electron chi connectivity index (χ2n) is 4.84. The number of carbonyl (C=O) groups is 2. The largest absolute Gasteiger partial charge is 0.478 e. The topological polar surface area (TPSA) is 66.4 Å². The van der Waals surface area contributed by atoms with Crippen molar-refractivity contribution in [1.82, 2.24) is 0 Å². The minimum atomic E-state index is -1.03. The van der Waals surface area contributed by atoms with E-state index in [0.717, 1.165) is 18.4 Å².